The number of hydrogen-bond acceptors (Lipinski definition) is 4. The summed E-state index contributed by atoms with van der Waals surface area (Å²) in [5.74, 6) is 0.673. The van der Waals surface area contributed by atoms with E-state index >= 15 is 0 Å². The van der Waals surface area contributed by atoms with E-state index in [2.05, 4.69) is 17.1 Å². The van der Waals surface area contributed by atoms with Crippen LogP contribution in [0.15, 0.2) is 0 Å². The number of nitrogens with one attached hydrogen (secondary N) is 1. The van der Waals surface area contributed by atoms with Gasteiger partial charge in [-0.1, -0.05) is 6.92 Å². The molecule has 2 rings (SSSR count). The molecule has 0 radical (unpaired) electrons. The lowest BCUT2D eigenvalue weighted by atomic mass is 10.1. The Balaban J connectivity index is 2.17. The smallest absolute Gasteiger partial charge is 0.153 e. The van der Waals surface area contributed by atoms with E-state index in [1.54, 1.807) is 0 Å². The molecule has 1 N–H and O–H groups in total. The van der Waals surface area contributed by atoms with Crippen molar-refractivity contribution in [2.75, 3.05) is 31.1 Å². The van der Waals surface area contributed by atoms with Gasteiger partial charge in [-0.2, -0.15) is 0 Å². The SMILES string of the molecule is CCN1CCN[C@@H]2CS(=O)(=O)C[C@@H]21. The van der Waals surface area contributed by atoms with E-state index < -0.39 is 9.84 Å². The highest BCUT2D eigenvalue weighted by Crippen LogP contribution is 2.20. The Hall–Kier alpha value is -0.130. The molecule has 0 aromatic carbocycles. The van der Waals surface area contributed by atoms with E-state index in [1.807, 2.05) is 0 Å². The Morgan fingerprint density at radius 2 is 2.23 bits per heavy atom. The van der Waals surface area contributed by atoms with E-state index in [1.165, 1.54) is 0 Å². The van der Waals surface area contributed by atoms with Crippen molar-refractivity contribution >= 4 is 9.84 Å². The summed E-state index contributed by atoms with van der Waals surface area (Å²) in [5.41, 5.74) is 0. The van der Waals surface area contributed by atoms with Gasteiger partial charge in [0, 0.05) is 25.2 Å². The maximum atomic E-state index is 11.4. The van der Waals surface area contributed by atoms with Crippen LogP contribution in [0.2, 0.25) is 0 Å². The van der Waals surface area contributed by atoms with Gasteiger partial charge in [0.05, 0.1) is 11.5 Å². The van der Waals surface area contributed by atoms with Crippen LogP contribution < -0.4 is 5.32 Å². The molecule has 0 spiro atoms. The molecule has 0 aromatic heterocycles. The van der Waals surface area contributed by atoms with Gasteiger partial charge in [-0.25, -0.2) is 8.42 Å². The standard InChI is InChI=1S/C8H16N2O2S/c1-2-10-4-3-9-7-5-13(11,12)6-8(7)10/h7-9H,2-6H2,1H3/t7-,8+/m1/s1. The molecule has 2 atom stereocenters. The van der Waals surface area contributed by atoms with Gasteiger partial charge in [-0.15, -0.1) is 0 Å². The highest BCUT2D eigenvalue weighted by Gasteiger charge is 2.41. The van der Waals surface area contributed by atoms with Crippen LogP contribution in [0.5, 0.6) is 0 Å². The van der Waals surface area contributed by atoms with E-state index in [0.717, 1.165) is 19.6 Å². The fourth-order valence-corrected chi connectivity index (χ4v) is 4.32. The van der Waals surface area contributed by atoms with Crippen molar-refractivity contribution in [1.82, 2.24) is 10.2 Å². The van der Waals surface area contributed by atoms with Gasteiger partial charge in [-0.05, 0) is 6.54 Å². The number of likely N-dealkylation sites (N-methyl/N-ethyl adjacent to an activating group) is 1. The molecule has 0 unspecified atom stereocenters. The average Bonchev–Trinajstić information content (AvgIpc) is 2.37. The summed E-state index contributed by atoms with van der Waals surface area (Å²) in [5, 5.41) is 3.28. The van der Waals surface area contributed by atoms with Gasteiger partial charge >= 0.3 is 0 Å². The van der Waals surface area contributed by atoms with Gasteiger partial charge < -0.3 is 5.32 Å². The van der Waals surface area contributed by atoms with Crippen LogP contribution in [-0.4, -0.2) is 56.5 Å². The second-order valence-corrected chi connectivity index (χ2v) is 5.99. The summed E-state index contributed by atoms with van der Waals surface area (Å²) < 4.78 is 22.8. The van der Waals surface area contributed by atoms with Crippen LogP contribution >= 0.6 is 0 Å². The molecule has 2 fully saturated rings. The maximum Gasteiger partial charge on any atom is 0.153 e. The monoisotopic (exact) mass is 204 g/mol. The lowest BCUT2D eigenvalue weighted by molar-refractivity contribution is 0.157. The van der Waals surface area contributed by atoms with Crippen LogP contribution in [0.4, 0.5) is 0 Å². The van der Waals surface area contributed by atoms with Crippen LogP contribution in [0, 0.1) is 0 Å². The molecule has 0 bridgehead atoms. The first-order valence-electron chi connectivity index (χ1n) is 4.80. The zero-order chi connectivity index (χ0) is 9.47. The number of fused-ring (bicyclic) bond motifs is 1. The Kier molecular flexibility index (Phi) is 2.33. The van der Waals surface area contributed by atoms with Crippen molar-refractivity contribution in [1.29, 1.82) is 0 Å². The summed E-state index contributed by atoms with van der Waals surface area (Å²) in [6.45, 7) is 4.95. The minimum atomic E-state index is -2.78. The molecule has 0 aliphatic carbocycles. The number of nitrogens with zero attached hydrogens (tertiary/aromatic N) is 1. The molecular weight excluding hydrogens is 188 g/mol. The molecule has 0 amide bonds. The zero-order valence-electron chi connectivity index (χ0n) is 7.86. The first-order valence-corrected chi connectivity index (χ1v) is 6.62. The van der Waals surface area contributed by atoms with Crippen LogP contribution in [0.25, 0.3) is 0 Å². The minimum absolute atomic E-state index is 0.179. The van der Waals surface area contributed by atoms with Crippen molar-refractivity contribution in [3.8, 4) is 0 Å². The maximum absolute atomic E-state index is 11.4. The molecular formula is C8H16N2O2S. The van der Waals surface area contributed by atoms with Crippen molar-refractivity contribution < 1.29 is 8.42 Å². The van der Waals surface area contributed by atoms with E-state index in [4.69, 9.17) is 0 Å². The third kappa shape index (κ3) is 1.73. The van der Waals surface area contributed by atoms with Crippen LogP contribution in [0.1, 0.15) is 6.92 Å². The summed E-state index contributed by atoms with van der Waals surface area (Å²) >= 11 is 0. The normalized spacial score (nSPS) is 38.8. The topological polar surface area (TPSA) is 49.4 Å². The second-order valence-electron chi connectivity index (χ2n) is 3.83. The summed E-state index contributed by atoms with van der Waals surface area (Å²) in [6.07, 6.45) is 0. The highest BCUT2D eigenvalue weighted by molar-refractivity contribution is 7.91. The largest absolute Gasteiger partial charge is 0.310 e. The van der Waals surface area contributed by atoms with Crippen molar-refractivity contribution in [3.63, 3.8) is 0 Å². The molecule has 76 valence electrons. The fraction of sp³-hybridized carbons (Fsp3) is 1.00. The lowest BCUT2D eigenvalue weighted by Crippen LogP contribution is -2.57. The Bertz CT molecular complexity index is 289. The Morgan fingerprint density at radius 1 is 1.46 bits per heavy atom. The van der Waals surface area contributed by atoms with Gasteiger partial charge in [-0.3, -0.25) is 4.90 Å². The molecule has 2 saturated heterocycles. The predicted octanol–water partition coefficient (Wildman–Crippen LogP) is -0.923. The number of hydrogen-bond donors (Lipinski definition) is 1. The van der Waals surface area contributed by atoms with E-state index in [9.17, 15) is 8.42 Å². The van der Waals surface area contributed by atoms with Gasteiger partial charge in [0.25, 0.3) is 0 Å². The number of piperazine rings is 1. The molecule has 2 heterocycles. The predicted molar refractivity (Wildman–Crippen MR) is 51.5 cm³/mol. The quantitative estimate of drug-likeness (QED) is 0.600. The van der Waals surface area contributed by atoms with E-state index in [0.29, 0.717) is 11.5 Å². The van der Waals surface area contributed by atoms with Crippen molar-refractivity contribution in [3.05, 3.63) is 0 Å². The second kappa shape index (κ2) is 3.22. The van der Waals surface area contributed by atoms with Gasteiger partial charge in [0.1, 0.15) is 0 Å². The summed E-state index contributed by atoms with van der Waals surface area (Å²) in [6, 6.07) is 0.405. The highest BCUT2D eigenvalue weighted by atomic mass is 32.2. The van der Waals surface area contributed by atoms with Crippen molar-refractivity contribution in [2.45, 2.75) is 19.0 Å². The summed E-state index contributed by atoms with van der Waals surface area (Å²) in [4.78, 5) is 2.27. The Morgan fingerprint density at radius 3 is 2.92 bits per heavy atom. The molecule has 4 nitrogen and oxygen atoms in total. The van der Waals surface area contributed by atoms with Crippen LogP contribution in [-0.2, 0) is 9.84 Å². The molecule has 0 aromatic rings. The zero-order valence-corrected chi connectivity index (χ0v) is 8.68. The third-order valence-electron chi connectivity index (χ3n) is 3.00. The molecule has 5 heteroatoms. The van der Waals surface area contributed by atoms with Gasteiger partial charge in [0.2, 0.25) is 0 Å². The molecule has 0 saturated carbocycles. The number of sulfone groups is 1. The minimum Gasteiger partial charge on any atom is -0.310 e. The third-order valence-corrected chi connectivity index (χ3v) is 4.72. The lowest BCUT2D eigenvalue weighted by Gasteiger charge is -2.36. The van der Waals surface area contributed by atoms with Gasteiger partial charge in [0.15, 0.2) is 9.84 Å². The number of rotatable bonds is 1. The summed E-state index contributed by atoms with van der Waals surface area (Å²) in [7, 11) is -2.78. The average molecular weight is 204 g/mol. The van der Waals surface area contributed by atoms with Crippen LogP contribution in [0.3, 0.4) is 0 Å². The first-order chi connectivity index (χ1) is 6.12. The molecule has 13 heavy (non-hydrogen) atoms. The van der Waals surface area contributed by atoms with E-state index in [-0.39, 0.29) is 12.1 Å². The fourth-order valence-electron chi connectivity index (χ4n) is 2.34. The van der Waals surface area contributed by atoms with Crippen molar-refractivity contribution in [2.24, 2.45) is 0 Å². The molecule has 2 aliphatic heterocycles. The molecule has 2 aliphatic rings. The first kappa shape index (κ1) is 9.43. The Labute approximate surface area is 79.2 Å².